The molecule has 168 valence electrons. The van der Waals surface area contributed by atoms with Gasteiger partial charge in [0.15, 0.2) is 11.5 Å². The summed E-state index contributed by atoms with van der Waals surface area (Å²) < 4.78 is 14.6. The van der Waals surface area contributed by atoms with E-state index in [0.29, 0.717) is 23.9 Å². The Kier molecular flexibility index (Phi) is 9.43. The number of nitrogens with one attached hydrogen (secondary N) is 1. The number of methoxy groups -OCH3 is 1. The molecule has 9 nitrogen and oxygen atoms in total. The highest BCUT2D eigenvalue weighted by Crippen LogP contribution is 2.27. The summed E-state index contributed by atoms with van der Waals surface area (Å²) >= 11 is 1.16. The average Bonchev–Trinajstić information content (AvgIpc) is 3.25. The van der Waals surface area contributed by atoms with Crippen LogP contribution in [0, 0.1) is 12.3 Å². The van der Waals surface area contributed by atoms with Crippen LogP contribution in [0.1, 0.15) is 18.4 Å². The van der Waals surface area contributed by atoms with Crippen LogP contribution in [0.4, 0.5) is 4.79 Å². The van der Waals surface area contributed by atoms with Gasteiger partial charge in [0.2, 0.25) is 11.7 Å². The van der Waals surface area contributed by atoms with Crippen LogP contribution in [0.15, 0.2) is 58.0 Å². The molecule has 2 N–H and O–H groups in total. The number of rotatable bonds is 5. The molecular formula is C22H24N4O5S. The van der Waals surface area contributed by atoms with Crippen molar-refractivity contribution in [2.24, 2.45) is 4.99 Å². The van der Waals surface area contributed by atoms with Gasteiger partial charge in [-0.1, -0.05) is 35.5 Å². The minimum atomic E-state index is -0.761. The molecule has 0 unspecified atom stereocenters. The number of phenols is 1. The summed E-state index contributed by atoms with van der Waals surface area (Å²) in [4.78, 5) is 18.9. The minimum absolute atomic E-state index is 0.000918. The van der Waals surface area contributed by atoms with Crippen LogP contribution in [-0.2, 0) is 4.74 Å². The molecule has 1 heterocycles. The molecule has 10 heteroatoms. The third-order valence-electron chi connectivity index (χ3n) is 3.88. The predicted molar refractivity (Wildman–Crippen MR) is 124 cm³/mol. The quantitative estimate of drug-likeness (QED) is 0.416. The van der Waals surface area contributed by atoms with Gasteiger partial charge in [0.25, 0.3) is 0 Å². The van der Waals surface area contributed by atoms with Gasteiger partial charge in [-0.2, -0.15) is 9.98 Å². The van der Waals surface area contributed by atoms with Gasteiger partial charge in [-0.3, -0.25) is 5.41 Å². The molecule has 3 aromatic rings. The van der Waals surface area contributed by atoms with Crippen LogP contribution in [0.5, 0.6) is 11.5 Å². The number of carbonyl (C=O) groups excluding carboxylic acids is 1. The van der Waals surface area contributed by atoms with Crippen molar-refractivity contribution >= 4 is 28.6 Å². The van der Waals surface area contributed by atoms with Gasteiger partial charge >= 0.3 is 6.09 Å². The number of aromatic hydroxyl groups is 1. The molecule has 0 saturated carbocycles. The number of ether oxygens (including phenoxy) is 2. The molecule has 0 atom stereocenters. The van der Waals surface area contributed by atoms with E-state index in [1.807, 2.05) is 30.3 Å². The lowest BCUT2D eigenvalue weighted by molar-refractivity contribution is 0.183. The highest BCUT2D eigenvalue weighted by Gasteiger charge is 2.14. The molecule has 1 amide bonds. The Hall–Kier alpha value is -3.66. The summed E-state index contributed by atoms with van der Waals surface area (Å²) in [6.07, 6.45) is 0.947. The second kappa shape index (κ2) is 12.3. The zero-order valence-electron chi connectivity index (χ0n) is 18.2. The monoisotopic (exact) mass is 456 g/mol. The lowest BCUT2D eigenvalue weighted by atomic mass is 10.1. The summed E-state index contributed by atoms with van der Waals surface area (Å²) in [6.45, 7) is 3.97. The Labute approximate surface area is 190 Å². The maximum absolute atomic E-state index is 11.2. The van der Waals surface area contributed by atoms with E-state index in [2.05, 4.69) is 19.9 Å². The number of aliphatic imine (C=N–C) groups is 1. The van der Waals surface area contributed by atoms with Gasteiger partial charge in [0, 0.05) is 18.1 Å². The largest absolute Gasteiger partial charge is 0.504 e. The molecule has 0 bridgehead atoms. The van der Waals surface area contributed by atoms with E-state index in [9.17, 15) is 9.90 Å². The summed E-state index contributed by atoms with van der Waals surface area (Å²) in [7, 11) is 1.22. The third kappa shape index (κ3) is 6.95. The van der Waals surface area contributed by atoms with Crippen LogP contribution in [0.2, 0.25) is 0 Å². The van der Waals surface area contributed by atoms with Crippen LogP contribution >= 0.6 is 11.8 Å². The standard InChI is InChI=1S/C13H16N2O4S.C9H8N2O/c1-4-19-10-7-8(5-6-9(10)16)11(14)12(20-3)15-13(17)18-2;1-7-10-9(11-12-7)8-5-3-2-4-6-8/h5-7,14,16H,4H2,1-3H3;2-6H,1H3/b14-11?,15-12-;. The highest BCUT2D eigenvalue weighted by atomic mass is 32.2. The number of thioether (sulfide) groups is 1. The number of hydrogen-bond donors (Lipinski definition) is 2. The van der Waals surface area contributed by atoms with E-state index in [-0.39, 0.29) is 22.3 Å². The van der Waals surface area contributed by atoms with Crippen LogP contribution in [-0.4, -0.2) is 52.1 Å². The summed E-state index contributed by atoms with van der Waals surface area (Å²) in [5.74, 6) is 1.52. The maximum Gasteiger partial charge on any atom is 0.434 e. The number of amides is 1. The Morgan fingerprint density at radius 3 is 2.53 bits per heavy atom. The Balaban J connectivity index is 0.000000255. The first kappa shape index (κ1) is 24.6. The topological polar surface area (TPSA) is 131 Å². The smallest absolute Gasteiger partial charge is 0.434 e. The fraction of sp³-hybridized carbons (Fsp3) is 0.227. The third-order valence-corrected chi connectivity index (χ3v) is 4.56. The van der Waals surface area contributed by atoms with Crippen molar-refractivity contribution in [1.29, 1.82) is 5.41 Å². The molecule has 0 aliphatic carbocycles. The van der Waals surface area contributed by atoms with Gasteiger partial charge in [0.1, 0.15) is 5.04 Å². The fourth-order valence-corrected chi connectivity index (χ4v) is 2.89. The van der Waals surface area contributed by atoms with Gasteiger partial charge in [-0.25, -0.2) is 4.79 Å². The summed E-state index contributed by atoms with van der Waals surface area (Å²) in [5.41, 5.74) is 1.53. The normalized spacial score (nSPS) is 10.7. The Morgan fingerprint density at radius 1 is 1.25 bits per heavy atom. The Morgan fingerprint density at radius 2 is 1.97 bits per heavy atom. The predicted octanol–water partition coefficient (Wildman–Crippen LogP) is 4.73. The lowest BCUT2D eigenvalue weighted by Gasteiger charge is -2.09. The Bertz CT molecular complexity index is 1080. The van der Waals surface area contributed by atoms with Gasteiger partial charge in [-0.05, 0) is 31.4 Å². The van der Waals surface area contributed by atoms with E-state index < -0.39 is 6.09 Å². The average molecular weight is 457 g/mol. The number of benzene rings is 2. The molecule has 0 aliphatic heterocycles. The van der Waals surface area contributed by atoms with Gasteiger partial charge in [0.05, 0.1) is 19.4 Å². The SMILES string of the molecule is CCOc1cc(C(=N)/C(=N/C(=O)OC)SC)ccc1O.Cc1nc(-c2ccccc2)no1. The molecule has 0 aliphatic rings. The van der Waals surface area contributed by atoms with Crippen molar-refractivity contribution in [3.05, 3.63) is 60.0 Å². The molecule has 2 aromatic carbocycles. The van der Waals surface area contributed by atoms with Crippen molar-refractivity contribution in [1.82, 2.24) is 10.1 Å². The van der Waals surface area contributed by atoms with Crippen LogP contribution in [0.25, 0.3) is 11.4 Å². The van der Waals surface area contributed by atoms with Crippen molar-refractivity contribution in [2.75, 3.05) is 20.0 Å². The zero-order valence-corrected chi connectivity index (χ0v) is 19.0. The number of aryl methyl sites for hydroxylation is 1. The van der Waals surface area contributed by atoms with E-state index in [1.165, 1.54) is 19.2 Å². The van der Waals surface area contributed by atoms with E-state index >= 15 is 0 Å². The summed E-state index contributed by atoms with van der Waals surface area (Å²) in [6, 6.07) is 14.3. The molecule has 0 saturated heterocycles. The van der Waals surface area contributed by atoms with E-state index in [0.717, 1.165) is 17.3 Å². The molecule has 0 spiro atoms. The van der Waals surface area contributed by atoms with Crippen molar-refractivity contribution < 1.29 is 23.9 Å². The first-order valence-corrected chi connectivity index (χ1v) is 10.7. The number of aromatic nitrogens is 2. The van der Waals surface area contributed by atoms with Crippen LogP contribution < -0.4 is 4.74 Å². The van der Waals surface area contributed by atoms with Gasteiger partial charge in [-0.15, -0.1) is 11.8 Å². The zero-order chi connectivity index (χ0) is 23.5. The van der Waals surface area contributed by atoms with Crippen LogP contribution in [0.3, 0.4) is 0 Å². The molecule has 32 heavy (non-hydrogen) atoms. The molecule has 0 radical (unpaired) electrons. The first-order valence-electron chi connectivity index (χ1n) is 9.51. The molecule has 1 aromatic heterocycles. The second-order valence-electron chi connectivity index (χ2n) is 6.08. The first-order chi connectivity index (χ1) is 15.4. The fourth-order valence-electron chi connectivity index (χ4n) is 2.40. The van der Waals surface area contributed by atoms with Crippen molar-refractivity contribution in [2.45, 2.75) is 13.8 Å². The van der Waals surface area contributed by atoms with E-state index in [4.69, 9.17) is 14.7 Å². The summed E-state index contributed by atoms with van der Waals surface area (Å²) in [5, 5.41) is 21.7. The number of nitrogens with zero attached hydrogens (tertiary/aromatic N) is 3. The highest BCUT2D eigenvalue weighted by molar-refractivity contribution is 8.15. The van der Waals surface area contributed by atoms with Crippen molar-refractivity contribution in [3.8, 4) is 22.9 Å². The lowest BCUT2D eigenvalue weighted by Crippen LogP contribution is -2.13. The molecular weight excluding hydrogens is 432 g/mol. The van der Waals surface area contributed by atoms with Gasteiger partial charge < -0.3 is 19.1 Å². The number of phenolic OH excluding ortho intramolecular Hbond substituents is 1. The van der Waals surface area contributed by atoms with E-state index in [1.54, 1.807) is 26.2 Å². The number of hydrogen-bond acceptors (Lipinski definition) is 9. The van der Waals surface area contributed by atoms with Crippen molar-refractivity contribution in [3.63, 3.8) is 0 Å². The maximum atomic E-state index is 11.2. The second-order valence-corrected chi connectivity index (χ2v) is 6.88. The molecule has 3 rings (SSSR count). The number of carbonyl (C=O) groups is 1. The minimum Gasteiger partial charge on any atom is -0.504 e. The molecule has 0 fully saturated rings.